The van der Waals surface area contributed by atoms with E-state index in [9.17, 15) is 4.79 Å². The Morgan fingerprint density at radius 2 is 1.44 bits per heavy atom. The Hall–Kier alpha value is -3.47. The fourth-order valence-electron chi connectivity index (χ4n) is 3.56. The first-order chi connectivity index (χ1) is 16.6. The molecule has 0 saturated carbocycles. The van der Waals surface area contributed by atoms with Crippen LogP contribution in [-0.4, -0.2) is 31.9 Å². The normalized spacial score (nSPS) is 11.6. The minimum atomic E-state index is -0.378. The van der Waals surface area contributed by atoms with E-state index in [-0.39, 0.29) is 18.7 Å². The number of rotatable bonds is 14. The summed E-state index contributed by atoms with van der Waals surface area (Å²) >= 11 is 0. The maximum Gasteiger partial charge on any atom is 0.333 e. The molecule has 3 aromatic rings. The quantitative estimate of drug-likeness (QED) is 0.151. The second-order valence-corrected chi connectivity index (χ2v) is 8.23. The van der Waals surface area contributed by atoms with E-state index in [4.69, 9.17) is 18.9 Å². The van der Waals surface area contributed by atoms with Gasteiger partial charge in [0.1, 0.15) is 43.2 Å². The highest BCUT2D eigenvalue weighted by Crippen LogP contribution is 2.33. The van der Waals surface area contributed by atoms with Crippen molar-refractivity contribution in [2.45, 2.75) is 45.6 Å². The van der Waals surface area contributed by atoms with Gasteiger partial charge in [0.25, 0.3) is 0 Å². The number of benzene rings is 3. The molecule has 5 nitrogen and oxygen atoms in total. The molecule has 0 radical (unpaired) electrons. The van der Waals surface area contributed by atoms with Gasteiger partial charge in [0, 0.05) is 16.3 Å². The summed E-state index contributed by atoms with van der Waals surface area (Å²) in [5.74, 6) is 1.94. The molecule has 0 aliphatic rings. The molecule has 3 rings (SSSR count). The molecule has 3 aromatic carbocycles. The minimum absolute atomic E-state index is 0.290. The van der Waals surface area contributed by atoms with Crippen LogP contribution in [0.4, 0.5) is 0 Å². The average molecular weight is 463 g/mol. The minimum Gasteiger partial charge on any atom is -0.490 e. The highest BCUT2D eigenvalue weighted by atomic mass is 16.6. The van der Waals surface area contributed by atoms with Gasteiger partial charge in [-0.2, -0.15) is 0 Å². The Balaban J connectivity index is 1.64. The predicted molar refractivity (Wildman–Crippen MR) is 136 cm³/mol. The molecule has 1 atom stereocenters. The van der Waals surface area contributed by atoms with E-state index in [1.807, 2.05) is 66.7 Å². The number of unbranched alkanes of at least 4 members (excludes halogenated alkanes) is 2. The second-order valence-electron chi connectivity index (χ2n) is 8.23. The zero-order chi connectivity index (χ0) is 24.2. The first-order valence-electron chi connectivity index (χ1n) is 11.9. The molecule has 5 heteroatoms. The number of ether oxygens (including phenoxy) is 4. The number of hydrogen-bond donors (Lipinski definition) is 0. The summed E-state index contributed by atoms with van der Waals surface area (Å²) in [4.78, 5) is 12.1. The summed E-state index contributed by atoms with van der Waals surface area (Å²) in [6.45, 7) is 8.65. The molecule has 0 aliphatic carbocycles. The summed E-state index contributed by atoms with van der Waals surface area (Å²) < 4.78 is 23.5. The summed E-state index contributed by atoms with van der Waals surface area (Å²) in [6.07, 6.45) is 3.61. The number of carbonyl (C=O) groups is 1. The van der Waals surface area contributed by atoms with Gasteiger partial charge in [-0.25, -0.2) is 4.79 Å². The van der Waals surface area contributed by atoms with E-state index in [1.54, 1.807) is 6.92 Å². The topological polar surface area (TPSA) is 54.0 Å². The summed E-state index contributed by atoms with van der Waals surface area (Å²) in [5.41, 5.74) is 0.392. The zero-order valence-electron chi connectivity index (χ0n) is 20.1. The predicted octanol–water partition coefficient (Wildman–Crippen LogP) is 6.74. The van der Waals surface area contributed by atoms with Crippen molar-refractivity contribution in [1.29, 1.82) is 0 Å². The molecule has 0 heterocycles. The maximum atomic E-state index is 12.1. The van der Waals surface area contributed by atoms with Crippen LogP contribution >= 0.6 is 0 Å². The van der Waals surface area contributed by atoms with Crippen LogP contribution in [-0.2, 0) is 9.53 Å². The Kier molecular flexibility index (Phi) is 9.83. The fourth-order valence-corrected chi connectivity index (χ4v) is 3.56. The molecular weight excluding hydrogens is 428 g/mol. The number of hydrogen-bond acceptors (Lipinski definition) is 5. The monoisotopic (exact) mass is 462 g/mol. The molecule has 34 heavy (non-hydrogen) atoms. The molecule has 180 valence electrons. The SMILES string of the molecule is C=C(C)C(=O)OC(CCCCC)COc1ccc(OCCOc2ccccc2)c2ccccc12. The van der Waals surface area contributed by atoms with Crippen molar-refractivity contribution in [1.82, 2.24) is 0 Å². The third-order valence-corrected chi connectivity index (χ3v) is 5.37. The van der Waals surface area contributed by atoms with Crippen molar-refractivity contribution in [2.75, 3.05) is 19.8 Å². The molecule has 0 saturated heterocycles. The van der Waals surface area contributed by atoms with Crippen molar-refractivity contribution in [3.8, 4) is 17.2 Å². The van der Waals surface area contributed by atoms with Crippen LogP contribution in [0.25, 0.3) is 10.8 Å². The third kappa shape index (κ3) is 7.55. The van der Waals surface area contributed by atoms with E-state index in [1.165, 1.54) is 0 Å². The van der Waals surface area contributed by atoms with Crippen molar-refractivity contribution in [2.24, 2.45) is 0 Å². The van der Waals surface area contributed by atoms with Crippen LogP contribution in [0.3, 0.4) is 0 Å². The summed E-state index contributed by atoms with van der Waals surface area (Å²) in [7, 11) is 0. The number of fused-ring (bicyclic) bond motifs is 1. The van der Waals surface area contributed by atoms with Crippen molar-refractivity contribution >= 4 is 16.7 Å². The first-order valence-corrected chi connectivity index (χ1v) is 11.9. The number of esters is 1. The van der Waals surface area contributed by atoms with Gasteiger partial charge >= 0.3 is 5.97 Å². The Labute approximate surface area is 202 Å². The third-order valence-electron chi connectivity index (χ3n) is 5.37. The molecule has 0 fully saturated rings. The number of carbonyl (C=O) groups excluding carboxylic acids is 1. The van der Waals surface area contributed by atoms with Gasteiger partial charge in [-0.15, -0.1) is 0 Å². The largest absolute Gasteiger partial charge is 0.490 e. The van der Waals surface area contributed by atoms with Gasteiger partial charge in [0.05, 0.1) is 0 Å². The Morgan fingerprint density at radius 3 is 2.09 bits per heavy atom. The molecule has 0 spiro atoms. The van der Waals surface area contributed by atoms with Crippen molar-refractivity contribution < 1.29 is 23.7 Å². The summed E-state index contributed by atoms with van der Waals surface area (Å²) in [6, 6.07) is 21.4. The van der Waals surface area contributed by atoms with E-state index < -0.39 is 0 Å². The van der Waals surface area contributed by atoms with Gasteiger partial charge in [0.2, 0.25) is 0 Å². The highest BCUT2D eigenvalue weighted by Gasteiger charge is 2.17. The smallest absolute Gasteiger partial charge is 0.333 e. The standard InChI is InChI=1S/C29H34O5/c1-4-5-7-14-24(34-29(30)22(2)3)21-33-28-18-17-27(25-15-10-11-16-26(25)28)32-20-19-31-23-12-8-6-9-13-23/h6,8-13,15-18,24H,2,4-5,7,14,19-21H2,1,3H3. The van der Waals surface area contributed by atoms with E-state index in [0.29, 0.717) is 18.8 Å². The molecule has 0 N–H and O–H groups in total. The molecule has 1 unspecified atom stereocenters. The lowest BCUT2D eigenvalue weighted by Gasteiger charge is -2.20. The molecule has 0 amide bonds. The maximum absolute atomic E-state index is 12.1. The van der Waals surface area contributed by atoms with Gasteiger partial charge in [-0.1, -0.05) is 68.8 Å². The van der Waals surface area contributed by atoms with Crippen LogP contribution < -0.4 is 14.2 Å². The lowest BCUT2D eigenvalue weighted by molar-refractivity contribution is -0.146. The molecule has 0 bridgehead atoms. The van der Waals surface area contributed by atoms with Crippen LogP contribution in [0.5, 0.6) is 17.2 Å². The van der Waals surface area contributed by atoms with Gasteiger partial charge in [-0.3, -0.25) is 0 Å². The van der Waals surface area contributed by atoms with Crippen LogP contribution in [0.1, 0.15) is 39.5 Å². The van der Waals surface area contributed by atoms with Gasteiger partial charge < -0.3 is 18.9 Å². The van der Waals surface area contributed by atoms with Crippen LogP contribution in [0.2, 0.25) is 0 Å². The lowest BCUT2D eigenvalue weighted by atomic mass is 10.1. The molecule has 0 aliphatic heterocycles. The first kappa shape index (κ1) is 25.2. The van der Waals surface area contributed by atoms with Crippen molar-refractivity contribution in [3.63, 3.8) is 0 Å². The average Bonchev–Trinajstić information content (AvgIpc) is 2.86. The van der Waals surface area contributed by atoms with Crippen LogP contribution in [0.15, 0.2) is 78.9 Å². The zero-order valence-corrected chi connectivity index (χ0v) is 20.1. The summed E-state index contributed by atoms with van der Waals surface area (Å²) in [5, 5.41) is 1.91. The van der Waals surface area contributed by atoms with E-state index in [2.05, 4.69) is 13.5 Å². The lowest BCUT2D eigenvalue weighted by Crippen LogP contribution is -2.25. The Bertz CT molecular complexity index is 1060. The molecule has 0 aromatic heterocycles. The van der Waals surface area contributed by atoms with Gasteiger partial charge in [-0.05, 0) is 44.0 Å². The number of para-hydroxylation sites is 1. The van der Waals surface area contributed by atoms with Crippen LogP contribution in [0, 0.1) is 0 Å². The van der Waals surface area contributed by atoms with E-state index >= 15 is 0 Å². The fraction of sp³-hybridized carbons (Fsp3) is 0.345. The Morgan fingerprint density at radius 1 is 0.824 bits per heavy atom. The van der Waals surface area contributed by atoms with Crippen molar-refractivity contribution in [3.05, 3.63) is 78.9 Å². The van der Waals surface area contributed by atoms with E-state index in [0.717, 1.165) is 53.7 Å². The molecular formula is C29H34O5. The second kappa shape index (κ2) is 13.3. The highest BCUT2D eigenvalue weighted by molar-refractivity contribution is 5.93. The van der Waals surface area contributed by atoms with Gasteiger partial charge in [0.15, 0.2) is 0 Å².